The fourth-order valence-corrected chi connectivity index (χ4v) is 3.34. The van der Waals surface area contributed by atoms with Crippen molar-refractivity contribution in [3.8, 4) is 0 Å². The Bertz CT molecular complexity index is 967. The van der Waals surface area contributed by atoms with Crippen LogP contribution in [0, 0.1) is 13.8 Å². The van der Waals surface area contributed by atoms with Crippen LogP contribution in [-0.4, -0.2) is 21.0 Å². The highest BCUT2D eigenvalue weighted by atomic mass is 32.1. The molecule has 0 radical (unpaired) electrons. The average molecular weight is 365 g/mol. The van der Waals surface area contributed by atoms with E-state index < -0.39 is 17.2 Å². The van der Waals surface area contributed by atoms with Crippen LogP contribution < -0.4 is 16.6 Å². The van der Waals surface area contributed by atoms with Gasteiger partial charge in [-0.05, 0) is 19.4 Å². The molecule has 0 aliphatic carbocycles. The second-order valence-corrected chi connectivity index (χ2v) is 6.84. The molecule has 8 nitrogen and oxygen atoms in total. The Morgan fingerprint density at radius 1 is 1.20 bits per heavy atom. The summed E-state index contributed by atoms with van der Waals surface area (Å²) in [5, 5.41) is 3.04. The standard InChI is InChI=1S/C16H19N3O5S/c1-8-9(2)25-14(17-10(3)20)13(8)15(22)24-7-11-6-12(21)19(5)16(23)18(11)4/h6H,7H2,1-5H3,(H,17,20). The predicted octanol–water partition coefficient (Wildman–Crippen LogP) is 1.08. The van der Waals surface area contributed by atoms with E-state index in [1.807, 2.05) is 6.92 Å². The van der Waals surface area contributed by atoms with Crippen molar-refractivity contribution < 1.29 is 14.3 Å². The molecule has 0 bridgehead atoms. The highest BCUT2D eigenvalue weighted by molar-refractivity contribution is 7.16. The maximum absolute atomic E-state index is 12.5. The molecule has 1 amide bonds. The summed E-state index contributed by atoms with van der Waals surface area (Å²) in [5.41, 5.74) is 0.311. The van der Waals surface area contributed by atoms with E-state index in [1.165, 1.54) is 43.0 Å². The van der Waals surface area contributed by atoms with Gasteiger partial charge in [0.2, 0.25) is 5.91 Å². The Kier molecular flexibility index (Phi) is 5.27. The summed E-state index contributed by atoms with van der Waals surface area (Å²) >= 11 is 1.29. The number of aryl methyl sites for hydroxylation is 1. The van der Waals surface area contributed by atoms with E-state index in [2.05, 4.69) is 5.32 Å². The molecular formula is C16H19N3O5S. The molecule has 0 saturated heterocycles. The smallest absolute Gasteiger partial charge is 0.341 e. The number of anilines is 1. The van der Waals surface area contributed by atoms with Crippen LogP contribution in [0.4, 0.5) is 5.00 Å². The predicted molar refractivity (Wildman–Crippen MR) is 94.1 cm³/mol. The molecule has 134 valence electrons. The van der Waals surface area contributed by atoms with Gasteiger partial charge in [0, 0.05) is 32.0 Å². The van der Waals surface area contributed by atoms with Gasteiger partial charge in [0.1, 0.15) is 11.6 Å². The lowest BCUT2D eigenvalue weighted by Gasteiger charge is -2.11. The zero-order valence-corrected chi connectivity index (χ0v) is 15.4. The van der Waals surface area contributed by atoms with Crippen LogP contribution in [0.5, 0.6) is 0 Å². The molecule has 2 aromatic heterocycles. The minimum absolute atomic E-state index is 0.228. The normalized spacial score (nSPS) is 10.6. The summed E-state index contributed by atoms with van der Waals surface area (Å²) in [6, 6.07) is 1.25. The molecule has 2 rings (SSSR count). The average Bonchev–Trinajstić information content (AvgIpc) is 2.80. The van der Waals surface area contributed by atoms with Gasteiger partial charge in [-0.25, -0.2) is 9.59 Å². The number of aromatic nitrogens is 2. The largest absolute Gasteiger partial charge is 0.456 e. The number of carbonyl (C=O) groups is 2. The highest BCUT2D eigenvalue weighted by Crippen LogP contribution is 2.33. The number of rotatable bonds is 4. The molecule has 0 aromatic carbocycles. The number of carbonyl (C=O) groups excluding carboxylic acids is 2. The summed E-state index contributed by atoms with van der Waals surface area (Å²) in [7, 11) is 2.87. The Morgan fingerprint density at radius 3 is 2.44 bits per heavy atom. The maximum atomic E-state index is 12.5. The lowest BCUT2D eigenvalue weighted by molar-refractivity contribution is -0.114. The summed E-state index contributed by atoms with van der Waals surface area (Å²) in [5.74, 6) is -0.914. The molecule has 1 N–H and O–H groups in total. The first kappa shape index (κ1) is 18.7. The first-order valence-corrected chi connectivity index (χ1v) is 8.25. The monoisotopic (exact) mass is 365 g/mol. The van der Waals surface area contributed by atoms with E-state index in [4.69, 9.17) is 4.74 Å². The third-order valence-corrected chi connectivity index (χ3v) is 4.98. The van der Waals surface area contributed by atoms with Crippen LogP contribution in [0.2, 0.25) is 0 Å². The summed E-state index contributed by atoms with van der Waals surface area (Å²) in [6.45, 7) is 4.73. The van der Waals surface area contributed by atoms with Gasteiger partial charge in [0.15, 0.2) is 0 Å². The summed E-state index contributed by atoms with van der Waals surface area (Å²) in [6.07, 6.45) is 0. The van der Waals surface area contributed by atoms with Crippen molar-refractivity contribution in [3.05, 3.63) is 48.6 Å². The van der Waals surface area contributed by atoms with Crippen LogP contribution >= 0.6 is 11.3 Å². The molecule has 0 saturated carbocycles. The fraction of sp³-hybridized carbons (Fsp3) is 0.375. The van der Waals surface area contributed by atoms with Gasteiger partial charge in [0.05, 0.1) is 11.3 Å². The number of amides is 1. The third-order valence-electron chi connectivity index (χ3n) is 3.86. The van der Waals surface area contributed by atoms with Crippen molar-refractivity contribution >= 4 is 28.2 Å². The summed E-state index contributed by atoms with van der Waals surface area (Å²) in [4.78, 5) is 48.3. The lowest BCUT2D eigenvalue weighted by Crippen LogP contribution is -2.38. The maximum Gasteiger partial charge on any atom is 0.341 e. The van der Waals surface area contributed by atoms with Crippen molar-refractivity contribution in [1.29, 1.82) is 0 Å². The van der Waals surface area contributed by atoms with Crippen molar-refractivity contribution in [2.45, 2.75) is 27.4 Å². The topological polar surface area (TPSA) is 99.4 Å². The SMILES string of the molecule is CC(=O)Nc1sc(C)c(C)c1C(=O)OCc1cc(=O)n(C)c(=O)n1C. The number of nitrogens with one attached hydrogen (secondary N) is 1. The molecule has 0 aliphatic heterocycles. The second-order valence-electron chi connectivity index (χ2n) is 5.62. The van der Waals surface area contributed by atoms with Crippen molar-refractivity contribution in [2.75, 3.05) is 5.32 Å². The highest BCUT2D eigenvalue weighted by Gasteiger charge is 2.22. The van der Waals surface area contributed by atoms with Crippen LogP contribution in [0.1, 0.15) is 33.4 Å². The van der Waals surface area contributed by atoms with Gasteiger partial charge in [-0.15, -0.1) is 11.3 Å². The van der Waals surface area contributed by atoms with E-state index in [0.717, 1.165) is 15.0 Å². The zero-order valence-electron chi connectivity index (χ0n) is 14.6. The number of nitrogens with zero attached hydrogens (tertiary/aromatic N) is 2. The van der Waals surface area contributed by atoms with E-state index in [0.29, 0.717) is 5.00 Å². The van der Waals surface area contributed by atoms with Crippen molar-refractivity contribution in [2.24, 2.45) is 14.1 Å². The van der Waals surface area contributed by atoms with Gasteiger partial charge in [0.25, 0.3) is 5.56 Å². The minimum atomic E-state index is -0.626. The Hall–Kier alpha value is -2.68. The van der Waals surface area contributed by atoms with Gasteiger partial charge in [-0.1, -0.05) is 0 Å². The number of hydrogen-bond donors (Lipinski definition) is 1. The van der Waals surface area contributed by atoms with E-state index in [9.17, 15) is 19.2 Å². The zero-order chi connectivity index (χ0) is 18.9. The van der Waals surface area contributed by atoms with Crippen LogP contribution in [0.25, 0.3) is 0 Å². The Balaban J connectivity index is 2.29. The van der Waals surface area contributed by atoms with Gasteiger partial charge in [-0.3, -0.25) is 18.7 Å². The van der Waals surface area contributed by atoms with Gasteiger partial charge < -0.3 is 10.1 Å². The number of esters is 1. The molecule has 2 heterocycles. The molecule has 25 heavy (non-hydrogen) atoms. The van der Waals surface area contributed by atoms with Gasteiger partial charge in [-0.2, -0.15) is 0 Å². The minimum Gasteiger partial charge on any atom is -0.456 e. The molecule has 0 aliphatic rings. The molecule has 0 fully saturated rings. The van der Waals surface area contributed by atoms with E-state index in [-0.39, 0.29) is 23.8 Å². The first-order valence-electron chi connectivity index (χ1n) is 7.44. The van der Waals surface area contributed by atoms with Crippen molar-refractivity contribution in [1.82, 2.24) is 9.13 Å². The van der Waals surface area contributed by atoms with E-state index >= 15 is 0 Å². The molecule has 0 unspecified atom stereocenters. The third kappa shape index (κ3) is 3.71. The number of thiophene rings is 1. The van der Waals surface area contributed by atoms with Crippen LogP contribution in [-0.2, 0) is 30.2 Å². The quantitative estimate of drug-likeness (QED) is 0.818. The van der Waals surface area contributed by atoms with Crippen LogP contribution in [0.15, 0.2) is 15.7 Å². The molecular weight excluding hydrogens is 346 g/mol. The van der Waals surface area contributed by atoms with Gasteiger partial charge >= 0.3 is 11.7 Å². The Morgan fingerprint density at radius 2 is 1.84 bits per heavy atom. The number of ether oxygens (including phenoxy) is 1. The lowest BCUT2D eigenvalue weighted by atomic mass is 10.1. The van der Waals surface area contributed by atoms with Crippen LogP contribution in [0.3, 0.4) is 0 Å². The molecule has 0 spiro atoms. The first-order chi connectivity index (χ1) is 11.6. The summed E-state index contributed by atoms with van der Waals surface area (Å²) < 4.78 is 7.48. The Labute approximate surface area is 147 Å². The fourth-order valence-electron chi connectivity index (χ4n) is 2.25. The number of hydrogen-bond acceptors (Lipinski definition) is 6. The van der Waals surface area contributed by atoms with Crippen molar-refractivity contribution in [3.63, 3.8) is 0 Å². The second kappa shape index (κ2) is 7.06. The molecule has 2 aromatic rings. The molecule has 0 atom stereocenters. The van der Waals surface area contributed by atoms with E-state index in [1.54, 1.807) is 6.92 Å². The molecule has 9 heteroatoms.